The number of pyridine rings is 1. The normalized spacial score (nSPS) is 11.5. The zero-order chi connectivity index (χ0) is 15.8. The maximum atomic E-state index is 13.0. The molecule has 0 saturated heterocycles. The topological polar surface area (TPSA) is 59.0 Å². The molecule has 0 aliphatic carbocycles. The molecular formula is C10H5BrClF3N4OS. The van der Waals surface area contributed by atoms with Crippen LogP contribution in [0, 0.1) is 0 Å². The lowest BCUT2D eigenvalue weighted by Gasteiger charge is -2.17. The lowest BCUT2D eigenvalue weighted by molar-refractivity contribution is -0.138. The molecule has 2 rings (SSSR count). The lowest BCUT2D eigenvalue weighted by atomic mass is 10.1. The van der Waals surface area contributed by atoms with Crippen LogP contribution >= 0.6 is 39.1 Å². The van der Waals surface area contributed by atoms with Gasteiger partial charge in [-0.2, -0.15) is 22.5 Å². The Morgan fingerprint density at radius 3 is 2.67 bits per heavy atom. The Hall–Kier alpha value is -1.26. The van der Waals surface area contributed by atoms with E-state index in [9.17, 15) is 18.0 Å². The van der Waals surface area contributed by atoms with Gasteiger partial charge in [-0.1, -0.05) is 11.6 Å². The quantitative estimate of drug-likeness (QED) is 0.721. The van der Waals surface area contributed by atoms with E-state index in [1.807, 2.05) is 0 Å². The molecule has 0 aliphatic rings. The molecule has 0 aromatic carbocycles. The number of amides is 1. The van der Waals surface area contributed by atoms with Gasteiger partial charge in [0.05, 0.1) is 11.1 Å². The summed E-state index contributed by atoms with van der Waals surface area (Å²) in [4.78, 5) is 20.6. The predicted octanol–water partition coefficient (Wildman–Crippen LogP) is 3.64. The number of carbonyl (C=O) groups excluding carboxylic acids is 1. The highest BCUT2D eigenvalue weighted by atomic mass is 79.9. The van der Waals surface area contributed by atoms with E-state index in [0.29, 0.717) is 6.07 Å². The number of nitrogens with zero attached hydrogens (tertiary/aromatic N) is 4. The van der Waals surface area contributed by atoms with Gasteiger partial charge in [0.2, 0.25) is 9.87 Å². The van der Waals surface area contributed by atoms with E-state index >= 15 is 0 Å². The highest BCUT2D eigenvalue weighted by Crippen LogP contribution is 2.35. The van der Waals surface area contributed by atoms with E-state index in [0.717, 1.165) is 22.6 Å². The zero-order valence-corrected chi connectivity index (χ0v) is 13.3. The van der Waals surface area contributed by atoms with Crippen molar-refractivity contribution in [1.29, 1.82) is 0 Å². The molecule has 0 fully saturated rings. The molecule has 0 unspecified atom stereocenters. The van der Waals surface area contributed by atoms with Crippen molar-refractivity contribution in [3.05, 3.63) is 33.3 Å². The lowest BCUT2D eigenvalue weighted by Crippen LogP contribution is -2.29. The van der Waals surface area contributed by atoms with Crippen LogP contribution in [0.1, 0.15) is 15.9 Å². The average Bonchev–Trinajstić information content (AvgIpc) is 2.82. The monoisotopic (exact) mass is 400 g/mol. The number of alkyl halides is 3. The smallest absolute Gasteiger partial charge is 0.286 e. The van der Waals surface area contributed by atoms with Gasteiger partial charge in [-0.25, -0.2) is 4.98 Å². The van der Waals surface area contributed by atoms with Gasteiger partial charge < -0.3 is 0 Å². The minimum Gasteiger partial charge on any atom is -0.286 e. The van der Waals surface area contributed by atoms with Crippen LogP contribution in [-0.2, 0) is 6.18 Å². The van der Waals surface area contributed by atoms with E-state index in [2.05, 4.69) is 30.3 Å². The molecule has 0 radical (unpaired) electrons. The first-order valence-electron chi connectivity index (χ1n) is 5.20. The van der Waals surface area contributed by atoms with E-state index in [1.165, 1.54) is 7.05 Å². The standard InChI is InChI=1S/C10H5BrClF3N4OS/c1-19(9-17-8(11)18-21-9)7(20)5-4(10(13,14)15)2-3-16-6(5)12/h2-3H,1H3. The average molecular weight is 402 g/mol. The number of hydrogen-bond acceptors (Lipinski definition) is 5. The van der Waals surface area contributed by atoms with Gasteiger partial charge in [0, 0.05) is 24.8 Å². The molecule has 11 heteroatoms. The third kappa shape index (κ3) is 3.33. The van der Waals surface area contributed by atoms with Crippen molar-refractivity contribution in [2.24, 2.45) is 0 Å². The van der Waals surface area contributed by atoms with Crippen LogP contribution in [0.25, 0.3) is 0 Å². The molecule has 2 aromatic heterocycles. The van der Waals surface area contributed by atoms with Crippen molar-refractivity contribution in [3.63, 3.8) is 0 Å². The number of rotatable bonds is 2. The molecule has 0 atom stereocenters. The van der Waals surface area contributed by atoms with Crippen LogP contribution in [0.15, 0.2) is 17.0 Å². The Bertz CT molecular complexity index is 693. The number of aromatic nitrogens is 3. The zero-order valence-electron chi connectivity index (χ0n) is 10.1. The summed E-state index contributed by atoms with van der Waals surface area (Å²) in [5, 5.41) is -0.398. The molecule has 0 saturated carbocycles. The molecular weight excluding hydrogens is 397 g/mol. The first-order chi connectivity index (χ1) is 9.71. The fourth-order valence-electron chi connectivity index (χ4n) is 1.46. The first-order valence-corrected chi connectivity index (χ1v) is 7.15. The third-order valence-electron chi connectivity index (χ3n) is 2.41. The Morgan fingerprint density at radius 1 is 1.48 bits per heavy atom. The summed E-state index contributed by atoms with van der Waals surface area (Å²) < 4.78 is 42.9. The first kappa shape index (κ1) is 16.1. The van der Waals surface area contributed by atoms with E-state index in [1.54, 1.807) is 0 Å². The van der Waals surface area contributed by atoms with Crippen LogP contribution in [0.5, 0.6) is 0 Å². The van der Waals surface area contributed by atoms with Crippen molar-refractivity contribution in [2.45, 2.75) is 6.18 Å². The highest BCUT2D eigenvalue weighted by molar-refractivity contribution is 9.10. The Balaban J connectivity index is 2.48. The molecule has 21 heavy (non-hydrogen) atoms. The molecule has 112 valence electrons. The second kappa shape index (κ2) is 5.85. The van der Waals surface area contributed by atoms with Crippen molar-refractivity contribution < 1.29 is 18.0 Å². The summed E-state index contributed by atoms with van der Waals surface area (Å²) in [6.45, 7) is 0. The minimum atomic E-state index is -4.72. The van der Waals surface area contributed by atoms with Crippen molar-refractivity contribution in [2.75, 3.05) is 11.9 Å². The molecule has 2 heterocycles. The molecule has 0 N–H and O–H groups in total. The highest BCUT2D eigenvalue weighted by Gasteiger charge is 2.38. The van der Waals surface area contributed by atoms with Gasteiger partial charge in [0.25, 0.3) is 5.91 Å². The van der Waals surface area contributed by atoms with Crippen LogP contribution in [0.3, 0.4) is 0 Å². The number of halogens is 5. The number of hydrogen-bond donors (Lipinski definition) is 0. The molecule has 1 amide bonds. The van der Waals surface area contributed by atoms with Crippen molar-refractivity contribution in [3.8, 4) is 0 Å². The maximum absolute atomic E-state index is 13.0. The number of anilines is 1. The van der Waals surface area contributed by atoms with Crippen molar-refractivity contribution in [1.82, 2.24) is 14.3 Å². The van der Waals surface area contributed by atoms with Gasteiger partial charge in [-0.05, 0) is 22.0 Å². The summed E-state index contributed by atoms with van der Waals surface area (Å²) in [6.07, 6.45) is -3.83. The van der Waals surface area contributed by atoms with Gasteiger partial charge in [-0.15, -0.1) is 0 Å². The van der Waals surface area contributed by atoms with Crippen LogP contribution in [0.4, 0.5) is 18.3 Å². The Labute approximate surface area is 134 Å². The molecule has 0 bridgehead atoms. The second-order valence-corrected chi connectivity index (χ2v) is 5.53. The summed E-state index contributed by atoms with van der Waals surface area (Å²) in [5.41, 5.74) is -1.87. The fraction of sp³-hybridized carbons (Fsp3) is 0.200. The largest absolute Gasteiger partial charge is 0.417 e. The van der Waals surface area contributed by atoms with E-state index in [-0.39, 0.29) is 9.87 Å². The SMILES string of the molecule is CN(C(=O)c1c(C(F)(F)F)ccnc1Cl)c1nc(Br)ns1. The van der Waals surface area contributed by atoms with E-state index < -0.39 is 28.4 Å². The van der Waals surface area contributed by atoms with Crippen LogP contribution < -0.4 is 4.90 Å². The fourth-order valence-corrected chi connectivity index (χ4v) is 2.74. The number of carbonyl (C=O) groups is 1. The van der Waals surface area contributed by atoms with Crippen LogP contribution in [0.2, 0.25) is 5.15 Å². The molecule has 5 nitrogen and oxygen atoms in total. The Morgan fingerprint density at radius 2 is 2.14 bits per heavy atom. The van der Waals surface area contributed by atoms with Gasteiger partial charge >= 0.3 is 6.18 Å². The molecule has 0 spiro atoms. The summed E-state index contributed by atoms with van der Waals surface area (Å²) >= 11 is 9.52. The summed E-state index contributed by atoms with van der Waals surface area (Å²) in [6, 6.07) is 0.697. The molecule has 2 aromatic rings. The van der Waals surface area contributed by atoms with Crippen molar-refractivity contribution >= 4 is 50.1 Å². The van der Waals surface area contributed by atoms with Gasteiger partial charge in [0.15, 0.2) is 0 Å². The van der Waals surface area contributed by atoms with Gasteiger partial charge in [0.1, 0.15) is 5.15 Å². The van der Waals surface area contributed by atoms with Gasteiger partial charge in [-0.3, -0.25) is 9.69 Å². The molecule has 0 aliphatic heterocycles. The third-order valence-corrected chi connectivity index (χ3v) is 4.07. The Kier molecular flexibility index (Phi) is 4.49. The second-order valence-electron chi connectivity index (χ2n) is 3.73. The van der Waals surface area contributed by atoms with E-state index in [4.69, 9.17) is 11.6 Å². The van der Waals surface area contributed by atoms with Crippen LogP contribution in [-0.4, -0.2) is 27.3 Å². The summed E-state index contributed by atoms with van der Waals surface area (Å²) in [5.74, 6) is -0.968. The minimum absolute atomic E-state index is 0.125. The predicted molar refractivity (Wildman–Crippen MR) is 74.6 cm³/mol. The summed E-state index contributed by atoms with van der Waals surface area (Å²) in [7, 11) is 1.28. The maximum Gasteiger partial charge on any atom is 0.417 e.